The number of likely N-dealkylation sites (N-methyl/N-ethyl adjacent to an activating group) is 1. The summed E-state index contributed by atoms with van der Waals surface area (Å²) in [6.07, 6.45) is 3.62. The van der Waals surface area contributed by atoms with E-state index >= 15 is 0 Å². The third-order valence-electron chi connectivity index (χ3n) is 23.1. The molecule has 4 heterocycles. The fourth-order valence-electron chi connectivity index (χ4n) is 15.5. The van der Waals surface area contributed by atoms with E-state index in [-0.39, 0.29) is 126 Å². The van der Waals surface area contributed by atoms with Crippen molar-refractivity contribution in [2.75, 3.05) is 110 Å². The molecule has 2 fully saturated rings. The maximum Gasteiger partial charge on any atom is 0.243 e. The number of rotatable bonds is 63. The zero-order valence-electron chi connectivity index (χ0n) is 82.7. The fourth-order valence-corrected chi connectivity index (χ4v) is 15.9. The summed E-state index contributed by atoms with van der Waals surface area (Å²) in [6, 6.07) is -10.5. The predicted octanol–water partition coefficient (Wildman–Crippen LogP) is -8.86. The lowest BCUT2D eigenvalue weighted by Gasteiger charge is -2.36. The van der Waals surface area contributed by atoms with Crippen LogP contribution in [0.3, 0.4) is 0 Å². The molecule has 5 rings (SSSR count). The second kappa shape index (κ2) is 64.1. The number of hydrogen-bond acceptors (Lipinski definition) is 29. The first-order chi connectivity index (χ1) is 67.5. The number of fused-ring (bicyclic) bond motifs is 1. The summed E-state index contributed by atoms with van der Waals surface area (Å²) in [4.78, 5) is 283. The molecule has 50 nitrogen and oxygen atoms in total. The smallest absolute Gasteiger partial charge is 0.243 e. The number of para-hydroxylation sites is 1. The quantitative estimate of drug-likeness (QED) is 0.0233. The number of benzene rings is 1. The molecule has 3 aromatic rings. The lowest BCUT2D eigenvalue weighted by molar-refractivity contribution is -0.136. The average molecular weight is 2020 g/mol. The van der Waals surface area contributed by atoms with E-state index in [0.717, 1.165) is 6.54 Å². The highest BCUT2D eigenvalue weighted by molar-refractivity contribution is 7.98. The Labute approximate surface area is 830 Å². The van der Waals surface area contributed by atoms with Gasteiger partial charge in [0.1, 0.15) is 72.5 Å². The van der Waals surface area contributed by atoms with Crippen LogP contribution in [0.4, 0.5) is 0 Å². The van der Waals surface area contributed by atoms with Crippen molar-refractivity contribution in [2.45, 2.75) is 255 Å². The summed E-state index contributed by atoms with van der Waals surface area (Å²) in [6.45, 7) is 19.1. The van der Waals surface area contributed by atoms with Crippen molar-refractivity contribution >= 4 is 141 Å². The van der Waals surface area contributed by atoms with Gasteiger partial charge in [0.15, 0.2) is 0 Å². The van der Waals surface area contributed by atoms with E-state index in [9.17, 15) is 95.9 Å². The van der Waals surface area contributed by atoms with Gasteiger partial charge in [-0.3, -0.25) is 95.9 Å². The summed E-state index contributed by atoms with van der Waals surface area (Å²) in [5.74, 6) is -17.8. The van der Waals surface area contributed by atoms with Gasteiger partial charge in [-0.05, 0) is 119 Å². The van der Waals surface area contributed by atoms with E-state index in [1.54, 1.807) is 58.2 Å². The van der Waals surface area contributed by atoms with Gasteiger partial charge in [-0.25, -0.2) is 4.98 Å². The van der Waals surface area contributed by atoms with Crippen molar-refractivity contribution < 1.29 is 95.9 Å². The Morgan fingerprint density at radius 3 is 1.58 bits per heavy atom. The average Bonchev–Trinajstić information content (AvgIpc) is 1.43. The number of H-pyrrole nitrogens is 2. The highest BCUT2D eigenvalue weighted by atomic mass is 32.2. The Balaban J connectivity index is 1.28. The molecule has 0 saturated carbocycles. The van der Waals surface area contributed by atoms with Gasteiger partial charge in [-0.1, -0.05) is 66.7 Å². The molecule has 2 aromatic heterocycles. The molecule has 2 aliphatic heterocycles. The molecule has 0 spiro atoms. The number of nitrogens with zero attached hydrogens (tertiary/aromatic N) is 1. The maximum absolute atomic E-state index is 14.7. The Morgan fingerprint density at radius 2 is 1.01 bits per heavy atom. The monoisotopic (exact) mass is 2020 g/mol. The molecule has 34 N–H and O–H groups in total. The van der Waals surface area contributed by atoms with E-state index < -0.39 is 229 Å². The standard InChI is InChI=1S/C91H152N30O20S/c1-10-97-29-32-100-47-91(48-101-33-30-98-42-56(92)43-99-31-34-102-49-91)121-75(127)20-15-19-73(125)104-28-14-13-18-61(114-84(135)63(21-24-70(93)122)115-83(134)62-23-26-74(126)110-62)82(133)117-65(36-51(2)3)81(132)106-45-76(128)112-69(40-72(95)124)89(140)116-64(22-25-71(94)123)85(136)119-67(38-55-41-105-59-17-12-11-16-58(55)59)86(137)109-54(8)80(131)120-78(53(6)7)90(141)107-46-77(129)111-68(39-57-44-103-50-108-57)88(139)118-66(37-52(4)5)87(138)113-60(79(96)130)27-35-142-9/h11-12,16-17,41,44,50-54,56,60-69,78,97-102,105H,10,13-15,18-40,42-43,45-49,92H2,1-9H3,(H2,93,122)(H2,94,123)(H2,95,124)(H2,96,130)(H,103,108)(H,104,125)(H,106,132)(H,107,141)(H,109,137)(H,110,126)(H,111,129)(H,112,128)(H,113,138)(H,114,135)(H,115,134)(H,116,140)(H,117,133)(H,118,139)(H,119,136)(H,120,131)(H,121,127)/t54-,56?,60-,61-,62-,63-,64-,65-,66-,67-,68-,69-,78-,91?/m0/s1. The molecule has 0 unspecified atom stereocenters. The number of aromatic nitrogens is 3. The first-order valence-electron chi connectivity index (χ1n) is 48.4. The highest BCUT2D eigenvalue weighted by Crippen LogP contribution is 2.21. The summed E-state index contributed by atoms with van der Waals surface area (Å²) in [7, 11) is 0. The van der Waals surface area contributed by atoms with Crippen molar-refractivity contribution in [1.29, 1.82) is 0 Å². The first kappa shape index (κ1) is 120. The van der Waals surface area contributed by atoms with Crippen LogP contribution in [-0.2, 0) is 109 Å². The van der Waals surface area contributed by atoms with Crippen LogP contribution in [0.1, 0.15) is 169 Å². The van der Waals surface area contributed by atoms with Gasteiger partial charge >= 0.3 is 0 Å². The lowest BCUT2D eigenvalue weighted by Crippen LogP contribution is -2.65. The molecule has 0 aliphatic carbocycles. The summed E-state index contributed by atoms with van der Waals surface area (Å²) < 4.78 is 0. The Kier molecular flexibility index (Phi) is 54.1. The maximum atomic E-state index is 14.7. The Morgan fingerprint density at radius 1 is 0.493 bits per heavy atom. The largest absolute Gasteiger partial charge is 0.370 e. The number of aromatic amines is 2. The first-order valence-corrected chi connectivity index (χ1v) is 49.8. The van der Waals surface area contributed by atoms with Crippen molar-refractivity contribution in [3.63, 3.8) is 0 Å². The van der Waals surface area contributed by atoms with Crippen molar-refractivity contribution in [2.24, 2.45) is 46.4 Å². The lowest BCUT2D eigenvalue weighted by atomic mass is 9.97. The van der Waals surface area contributed by atoms with Gasteiger partial charge in [0, 0.05) is 153 Å². The molecule has 12 atom stereocenters. The number of thioether (sulfide) groups is 1. The second-order valence-corrected chi connectivity index (χ2v) is 37.7. The van der Waals surface area contributed by atoms with Crippen LogP contribution in [0.5, 0.6) is 0 Å². The number of carbonyl (C=O) groups excluding carboxylic acids is 20. The van der Waals surface area contributed by atoms with Gasteiger partial charge in [0.2, 0.25) is 118 Å². The molecule has 51 heteroatoms. The normalized spacial score (nSPS) is 17.5. The van der Waals surface area contributed by atoms with E-state index in [1.165, 1.54) is 31.2 Å². The number of unbranched alkanes of at least 4 members (excludes halogenated alkanes) is 1. The molecule has 1 aromatic carbocycles. The SMILES string of the molecule is CCNCCNCC1(NC(=O)CCCC(=O)NCCCC[C@H](NC(=O)[C@H](CCC(N)=O)NC(=O)[C@@H]2CCC(=O)N2)C(=O)N[C@@H](CC(C)C)C(=O)NCC(=O)N[C@@H](CC(N)=O)C(=O)N[C@@H](CCC(N)=O)C(=O)N[C@@H](Cc2c[nH]c3ccccc23)C(=O)N[C@@H](C)C(=O)N[C@H](C(=O)NCC(=O)N[C@@H](Cc2c[nH]cn2)C(=O)N[C@@H](CC(C)C)C(=O)N[C@@H](CCSC)C(N)=O)C(C)C)CNCCNCC(N)CNCCNC1. The van der Waals surface area contributed by atoms with Crippen LogP contribution in [-0.4, -0.2) is 327 Å². The minimum Gasteiger partial charge on any atom is -0.370 e. The molecule has 792 valence electrons. The predicted molar refractivity (Wildman–Crippen MR) is 527 cm³/mol. The van der Waals surface area contributed by atoms with Gasteiger partial charge in [-0.15, -0.1) is 0 Å². The number of carbonyl (C=O) groups is 20. The van der Waals surface area contributed by atoms with Crippen LogP contribution in [0.25, 0.3) is 10.9 Å². The summed E-state index contributed by atoms with van der Waals surface area (Å²) in [5, 5.41) is 62.5. The van der Waals surface area contributed by atoms with Gasteiger partial charge in [0.05, 0.1) is 37.1 Å². The summed E-state index contributed by atoms with van der Waals surface area (Å²) >= 11 is 1.43. The van der Waals surface area contributed by atoms with Gasteiger partial charge in [-0.2, -0.15) is 11.8 Å². The molecular formula is C91H152N30O20S. The van der Waals surface area contributed by atoms with Gasteiger partial charge in [0.25, 0.3) is 0 Å². The second-order valence-electron chi connectivity index (χ2n) is 36.8. The Hall–Kier alpha value is -12.6. The zero-order chi connectivity index (χ0) is 105. The minimum atomic E-state index is -1.92. The van der Waals surface area contributed by atoms with Crippen LogP contribution in [0.15, 0.2) is 43.0 Å². The summed E-state index contributed by atoms with van der Waals surface area (Å²) in [5.41, 5.74) is 29.1. The van der Waals surface area contributed by atoms with Crippen molar-refractivity contribution in [3.05, 3.63) is 54.2 Å². The molecular weight excluding hydrogens is 1870 g/mol. The van der Waals surface area contributed by atoms with Crippen LogP contribution in [0, 0.1) is 17.8 Å². The fraction of sp³-hybridized carbons (Fsp3) is 0.659. The number of primary amides is 4. The zero-order valence-corrected chi connectivity index (χ0v) is 83.5. The number of nitrogens with one attached hydrogen (secondary N) is 24. The van der Waals surface area contributed by atoms with E-state index in [1.807, 2.05) is 27.0 Å². The topological polar surface area (TPSA) is 781 Å². The van der Waals surface area contributed by atoms with E-state index in [2.05, 4.69) is 132 Å². The molecule has 20 amide bonds. The van der Waals surface area contributed by atoms with Crippen LogP contribution >= 0.6 is 11.8 Å². The third kappa shape index (κ3) is 46.0. The van der Waals surface area contributed by atoms with Crippen molar-refractivity contribution in [3.8, 4) is 0 Å². The van der Waals surface area contributed by atoms with Gasteiger partial charge < -0.3 is 156 Å². The number of nitrogens with two attached hydrogens (primary N) is 5. The van der Waals surface area contributed by atoms with Crippen LogP contribution < -0.4 is 146 Å². The van der Waals surface area contributed by atoms with E-state index in [0.29, 0.717) is 99.9 Å². The highest BCUT2D eigenvalue weighted by Gasteiger charge is 2.40. The number of imidazole rings is 1. The molecule has 2 aliphatic rings. The number of amides is 20. The van der Waals surface area contributed by atoms with Crippen molar-refractivity contribution in [1.82, 2.24) is 132 Å². The number of hydrogen-bond donors (Lipinski definition) is 29. The molecule has 142 heavy (non-hydrogen) atoms. The van der Waals surface area contributed by atoms with E-state index in [4.69, 9.17) is 28.7 Å². The van der Waals surface area contributed by atoms with Crippen LogP contribution in [0.2, 0.25) is 0 Å². The molecule has 0 radical (unpaired) electrons. The minimum absolute atomic E-state index is 0.0204. The molecule has 2 saturated heterocycles. The Bertz CT molecular complexity index is 4640. The third-order valence-corrected chi connectivity index (χ3v) is 23.8. The molecule has 0 bridgehead atoms.